The van der Waals surface area contributed by atoms with E-state index in [1.54, 1.807) is 25.3 Å². The molecule has 1 aromatic heterocycles. The van der Waals surface area contributed by atoms with E-state index in [2.05, 4.69) is 15.9 Å². The Morgan fingerprint density at radius 1 is 1.19 bits per heavy atom. The van der Waals surface area contributed by atoms with Crippen molar-refractivity contribution in [2.45, 2.75) is 0 Å². The molecule has 0 saturated carbocycles. The Kier molecular flexibility index (Phi) is 4.93. The molecular formula is C15H12BrNO3S. The van der Waals surface area contributed by atoms with Gasteiger partial charge in [0.05, 0.1) is 9.35 Å². The highest BCUT2D eigenvalue weighted by atomic mass is 79.9. The molecule has 2 rings (SSSR count). The smallest absolute Gasteiger partial charge is 0.335 e. The van der Waals surface area contributed by atoms with Gasteiger partial charge < -0.3 is 10.0 Å². The lowest BCUT2D eigenvalue weighted by Crippen LogP contribution is -2.23. The van der Waals surface area contributed by atoms with E-state index in [1.165, 1.54) is 34.4 Å². The van der Waals surface area contributed by atoms with Crippen LogP contribution in [0.3, 0.4) is 0 Å². The summed E-state index contributed by atoms with van der Waals surface area (Å²) in [7, 11) is 1.65. The Labute approximate surface area is 134 Å². The van der Waals surface area contributed by atoms with Crippen molar-refractivity contribution in [3.63, 3.8) is 0 Å². The summed E-state index contributed by atoms with van der Waals surface area (Å²) in [4.78, 5) is 25.3. The fourth-order valence-corrected chi connectivity index (χ4v) is 2.96. The van der Waals surface area contributed by atoms with Crippen LogP contribution < -0.4 is 4.90 Å². The SMILES string of the molecule is CN(C(=O)/C=C/c1ccc(Br)s1)c1ccc(C(=O)O)cc1. The molecular weight excluding hydrogens is 354 g/mol. The topological polar surface area (TPSA) is 57.6 Å². The van der Waals surface area contributed by atoms with Crippen LogP contribution in [0.15, 0.2) is 46.3 Å². The zero-order valence-corrected chi connectivity index (χ0v) is 13.5. The maximum atomic E-state index is 12.1. The number of hydrogen-bond acceptors (Lipinski definition) is 3. The summed E-state index contributed by atoms with van der Waals surface area (Å²) < 4.78 is 1.01. The number of nitrogens with zero attached hydrogens (tertiary/aromatic N) is 1. The lowest BCUT2D eigenvalue weighted by Gasteiger charge is -2.15. The van der Waals surface area contributed by atoms with Crippen LogP contribution in [-0.2, 0) is 4.79 Å². The first-order valence-electron chi connectivity index (χ1n) is 6.02. The van der Waals surface area contributed by atoms with E-state index in [4.69, 9.17) is 5.11 Å². The number of halogens is 1. The van der Waals surface area contributed by atoms with Crippen molar-refractivity contribution in [2.75, 3.05) is 11.9 Å². The van der Waals surface area contributed by atoms with Gasteiger partial charge >= 0.3 is 5.97 Å². The molecule has 6 heteroatoms. The van der Waals surface area contributed by atoms with Crippen molar-refractivity contribution in [2.24, 2.45) is 0 Å². The molecule has 0 bridgehead atoms. The van der Waals surface area contributed by atoms with Crippen molar-refractivity contribution < 1.29 is 14.7 Å². The molecule has 2 aromatic rings. The number of carboxylic acids is 1. The number of anilines is 1. The normalized spacial score (nSPS) is 10.8. The molecule has 0 radical (unpaired) electrons. The number of carbonyl (C=O) groups excluding carboxylic acids is 1. The number of aromatic carboxylic acids is 1. The third kappa shape index (κ3) is 4.03. The van der Waals surface area contributed by atoms with E-state index in [0.29, 0.717) is 5.69 Å². The van der Waals surface area contributed by atoms with Gasteiger partial charge in [0.1, 0.15) is 0 Å². The zero-order valence-electron chi connectivity index (χ0n) is 11.1. The van der Waals surface area contributed by atoms with Crippen LogP contribution in [0.2, 0.25) is 0 Å². The van der Waals surface area contributed by atoms with Gasteiger partial charge in [-0.3, -0.25) is 4.79 Å². The lowest BCUT2D eigenvalue weighted by atomic mass is 10.2. The summed E-state index contributed by atoms with van der Waals surface area (Å²) in [6.45, 7) is 0. The molecule has 0 aliphatic heterocycles. The molecule has 0 saturated heterocycles. The van der Waals surface area contributed by atoms with Crippen LogP contribution in [0, 0.1) is 0 Å². The maximum absolute atomic E-state index is 12.1. The average Bonchev–Trinajstić information content (AvgIpc) is 2.89. The molecule has 0 aliphatic carbocycles. The predicted molar refractivity (Wildman–Crippen MR) is 87.9 cm³/mol. The summed E-state index contributed by atoms with van der Waals surface area (Å²) in [5.74, 6) is -1.17. The van der Waals surface area contributed by atoms with Gasteiger partial charge in [0.25, 0.3) is 5.91 Å². The average molecular weight is 366 g/mol. The van der Waals surface area contributed by atoms with Gasteiger partial charge in [0.2, 0.25) is 0 Å². The molecule has 0 fully saturated rings. The van der Waals surface area contributed by atoms with Gasteiger partial charge in [-0.25, -0.2) is 4.79 Å². The van der Waals surface area contributed by atoms with Crippen molar-refractivity contribution in [3.8, 4) is 0 Å². The first-order valence-corrected chi connectivity index (χ1v) is 7.63. The van der Waals surface area contributed by atoms with E-state index in [9.17, 15) is 9.59 Å². The molecule has 108 valence electrons. The standard InChI is InChI=1S/C15H12BrNO3S/c1-17(11-4-2-10(3-5-11)15(19)20)14(18)9-7-12-6-8-13(16)21-12/h2-9H,1H3,(H,19,20)/b9-7+. The molecule has 0 atom stereocenters. The second-order valence-corrected chi connectivity index (χ2v) is 6.72. The summed E-state index contributed by atoms with van der Waals surface area (Å²) in [5, 5.41) is 8.84. The first-order chi connectivity index (χ1) is 9.97. The Morgan fingerprint density at radius 3 is 2.38 bits per heavy atom. The highest BCUT2D eigenvalue weighted by molar-refractivity contribution is 9.11. The van der Waals surface area contributed by atoms with Gasteiger partial charge in [-0.2, -0.15) is 0 Å². The van der Waals surface area contributed by atoms with Gasteiger partial charge in [-0.05, 0) is 58.4 Å². The molecule has 1 aromatic carbocycles. The zero-order chi connectivity index (χ0) is 15.4. The second-order valence-electron chi connectivity index (χ2n) is 4.22. The highest BCUT2D eigenvalue weighted by Gasteiger charge is 2.09. The molecule has 0 unspecified atom stereocenters. The molecule has 1 heterocycles. The van der Waals surface area contributed by atoms with Gasteiger partial charge in [-0.15, -0.1) is 11.3 Å². The van der Waals surface area contributed by atoms with Crippen LogP contribution in [0.1, 0.15) is 15.2 Å². The molecule has 0 spiro atoms. The number of thiophene rings is 1. The van der Waals surface area contributed by atoms with Gasteiger partial charge in [0, 0.05) is 23.7 Å². The number of hydrogen-bond donors (Lipinski definition) is 1. The van der Waals surface area contributed by atoms with Crippen molar-refractivity contribution in [3.05, 3.63) is 56.7 Å². The quantitative estimate of drug-likeness (QED) is 0.836. The Balaban J connectivity index is 2.08. The number of benzene rings is 1. The number of amides is 1. The molecule has 21 heavy (non-hydrogen) atoms. The van der Waals surface area contributed by atoms with Crippen LogP contribution in [0.25, 0.3) is 6.08 Å². The predicted octanol–water partition coefficient (Wildman–Crippen LogP) is 3.89. The second kappa shape index (κ2) is 6.69. The third-order valence-electron chi connectivity index (χ3n) is 2.82. The van der Waals surface area contributed by atoms with Crippen LogP contribution in [0.5, 0.6) is 0 Å². The van der Waals surface area contributed by atoms with E-state index in [-0.39, 0.29) is 11.5 Å². The van der Waals surface area contributed by atoms with E-state index < -0.39 is 5.97 Å². The molecule has 4 nitrogen and oxygen atoms in total. The summed E-state index contributed by atoms with van der Waals surface area (Å²) in [6, 6.07) is 10.0. The first kappa shape index (κ1) is 15.5. The summed E-state index contributed by atoms with van der Waals surface area (Å²) in [5.41, 5.74) is 0.834. The Hall–Kier alpha value is -1.92. The van der Waals surface area contributed by atoms with Crippen LogP contribution >= 0.6 is 27.3 Å². The summed E-state index contributed by atoms with van der Waals surface area (Å²) >= 11 is 4.90. The lowest BCUT2D eigenvalue weighted by molar-refractivity contribution is -0.113. The minimum Gasteiger partial charge on any atom is -0.478 e. The van der Waals surface area contributed by atoms with Crippen molar-refractivity contribution >= 4 is 50.9 Å². The number of rotatable bonds is 4. The largest absolute Gasteiger partial charge is 0.478 e. The van der Waals surface area contributed by atoms with Crippen LogP contribution in [0.4, 0.5) is 5.69 Å². The molecule has 0 aliphatic rings. The van der Waals surface area contributed by atoms with Crippen LogP contribution in [-0.4, -0.2) is 24.0 Å². The molecule has 1 N–H and O–H groups in total. The van der Waals surface area contributed by atoms with E-state index in [0.717, 1.165) is 8.66 Å². The fourth-order valence-electron chi connectivity index (χ4n) is 1.64. The minimum atomic E-state index is -0.987. The third-order valence-corrected chi connectivity index (χ3v) is 4.41. The minimum absolute atomic E-state index is 0.178. The summed E-state index contributed by atoms with van der Waals surface area (Å²) in [6.07, 6.45) is 3.24. The van der Waals surface area contributed by atoms with E-state index in [1.807, 2.05) is 12.1 Å². The highest BCUT2D eigenvalue weighted by Crippen LogP contribution is 2.23. The van der Waals surface area contributed by atoms with Gasteiger partial charge in [0.15, 0.2) is 0 Å². The van der Waals surface area contributed by atoms with Crippen molar-refractivity contribution in [1.82, 2.24) is 0 Å². The Bertz CT molecular complexity index is 691. The van der Waals surface area contributed by atoms with Crippen molar-refractivity contribution in [1.29, 1.82) is 0 Å². The monoisotopic (exact) mass is 365 g/mol. The number of carboxylic acid groups (broad SMARTS) is 1. The Morgan fingerprint density at radius 2 is 1.86 bits per heavy atom. The van der Waals surface area contributed by atoms with E-state index >= 15 is 0 Å². The van der Waals surface area contributed by atoms with Gasteiger partial charge in [-0.1, -0.05) is 0 Å². The number of likely N-dealkylation sites (N-methyl/N-ethyl adjacent to an activating group) is 1. The maximum Gasteiger partial charge on any atom is 0.335 e. The number of carbonyl (C=O) groups is 2. The molecule has 1 amide bonds. The fraction of sp³-hybridized carbons (Fsp3) is 0.0667.